The highest BCUT2D eigenvalue weighted by molar-refractivity contribution is 7.09. The third kappa shape index (κ3) is 3.60. The zero-order valence-electron chi connectivity index (χ0n) is 12.8. The minimum absolute atomic E-state index is 0.0505. The quantitative estimate of drug-likeness (QED) is 0.739. The maximum absolute atomic E-state index is 13.2. The molecule has 24 heavy (non-hydrogen) atoms. The summed E-state index contributed by atoms with van der Waals surface area (Å²) in [6, 6.07) is 10.9. The molecule has 0 aliphatic carbocycles. The Morgan fingerprint density at radius 3 is 2.79 bits per heavy atom. The standard InChI is InChI=1S/C18H14FNO3S/c1-11-20-16(10-24-11)13-5-6-17(15(8-13)18(21)22)23-9-12-3-2-4-14(19)7-12/h2-8,10H,9H2,1H3,(H,21,22). The molecule has 0 saturated heterocycles. The second kappa shape index (κ2) is 6.80. The lowest BCUT2D eigenvalue weighted by molar-refractivity contribution is 0.0692. The van der Waals surface area contributed by atoms with Crippen LogP contribution in [0, 0.1) is 12.7 Å². The molecule has 0 fully saturated rings. The van der Waals surface area contributed by atoms with E-state index in [1.165, 1.54) is 29.5 Å². The first-order valence-corrected chi connectivity index (χ1v) is 8.08. The van der Waals surface area contributed by atoms with Gasteiger partial charge in [-0.3, -0.25) is 0 Å². The third-order valence-corrected chi connectivity index (χ3v) is 4.18. The van der Waals surface area contributed by atoms with Crippen molar-refractivity contribution < 1.29 is 19.0 Å². The van der Waals surface area contributed by atoms with Crippen LogP contribution in [0.25, 0.3) is 11.3 Å². The Kier molecular flexibility index (Phi) is 4.57. The zero-order chi connectivity index (χ0) is 17.1. The molecule has 122 valence electrons. The molecule has 1 N–H and O–H groups in total. The number of ether oxygens (including phenoxy) is 1. The van der Waals surface area contributed by atoms with Crippen molar-refractivity contribution in [2.24, 2.45) is 0 Å². The van der Waals surface area contributed by atoms with Gasteiger partial charge in [0.2, 0.25) is 0 Å². The Morgan fingerprint density at radius 2 is 2.12 bits per heavy atom. The molecule has 2 aromatic carbocycles. The van der Waals surface area contributed by atoms with Crippen molar-refractivity contribution in [2.45, 2.75) is 13.5 Å². The normalized spacial score (nSPS) is 10.6. The number of carboxylic acid groups (broad SMARTS) is 1. The molecule has 0 radical (unpaired) electrons. The average molecular weight is 343 g/mol. The van der Waals surface area contributed by atoms with Crippen LogP contribution in [-0.4, -0.2) is 16.1 Å². The number of benzene rings is 2. The first kappa shape index (κ1) is 16.1. The van der Waals surface area contributed by atoms with Gasteiger partial charge in [0.15, 0.2) is 0 Å². The molecule has 3 aromatic rings. The largest absolute Gasteiger partial charge is 0.488 e. The Balaban J connectivity index is 1.86. The molecule has 0 bridgehead atoms. The van der Waals surface area contributed by atoms with Crippen molar-refractivity contribution >= 4 is 17.3 Å². The van der Waals surface area contributed by atoms with E-state index in [1.54, 1.807) is 24.3 Å². The van der Waals surface area contributed by atoms with Crippen molar-refractivity contribution in [3.8, 4) is 17.0 Å². The first-order valence-electron chi connectivity index (χ1n) is 7.20. The molecule has 0 saturated carbocycles. The fourth-order valence-corrected chi connectivity index (χ4v) is 2.89. The summed E-state index contributed by atoms with van der Waals surface area (Å²) >= 11 is 1.50. The van der Waals surface area contributed by atoms with Gasteiger partial charge in [-0.1, -0.05) is 12.1 Å². The molecule has 0 amide bonds. The van der Waals surface area contributed by atoms with Gasteiger partial charge < -0.3 is 9.84 Å². The van der Waals surface area contributed by atoms with Crippen LogP contribution >= 0.6 is 11.3 Å². The Morgan fingerprint density at radius 1 is 1.29 bits per heavy atom. The highest BCUT2D eigenvalue weighted by atomic mass is 32.1. The van der Waals surface area contributed by atoms with Gasteiger partial charge in [-0.25, -0.2) is 14.2 Å². The van der Waals surface area contributed by atoms with Gasteiger partial charge in [0.25, 0.3) is 0 Å². The average Bonchev–Trinajstić information content (AvgIpc) is 2.99. The topological polar surface area (TPSA) is 59.4 Å². The van der Waals surface area contributed by atoms with E-state index in [9.17, 15) is 14.3 Å². The van der Waals surface area contributed by atoms with Gasteiger partial charge in [0, 0.05) is 10.9 Å². The van der Waals surface area contributed by atoms with Crippen molar-refractivity contribution in [3.63, 3.8) is 0 Å². The van der Waals surface area contributed by atoms with Crippen LogP contribution in [0.1, 0.15) is 20.9 Å². The monoisotopic (exact) mass is 343 g/mol. The molecule has 0 atom stereocenters. The fraction of sp³-hybridized carbons (Fsp3) is 0.111. The summed E-state index contributed by atoms with van der Waals surface area (Å²) in [6.45, 7) is 1.98. The SMILES string of the molecule is Cc1nc(-c2ccc(OCc3cccc(F)c3)c(C(=O)O)c2)cs1. The van der Waals surface area contributed by atoms with E-state index >= 15 is 0 Å². The number of hydrogen-bond donors (Lipinski definition) is 1. The van der Waals surface area contributed by atoms with Gasteiger partial charge in [-0.05, 0) is 42.8 Å². The summed E-state index contributed by atoms with van der Waals surface area (Å²) in [4.78, 5) is 15.9. The molecule has 0 unspecified atom stereocenters. The van der Waals surface area contributed by atoms with Gasteiger partial charge in [0.05, 0.1) is 10.7 Å². The maximum Gasteiger partial charge on any atom is 0.339 e. The number of carbonyl (C=O) groups is 1. The number of hydrogen-bond acceptors (Lipinski definition) is 4. The number of carboxylic acids is 1. The van der Waals surface area contributed by atoms with Gasteiger partial charge >= 0.3 is 5.97 Å². The van der Waals surface area contributed by atoms with Crippen LogP contribution < -0.4 is 4.74 Å². The van der Waals surface area contributed by atoms with E-state index in [2.05, 4.69) is 4.98 Å². The number of aryl methyl sites for hydroxylation is 1. The van der Waals surface area contributed by atoms with Gasteiger partial charge in [-0.2, -0.15) is 0 Å². The number of rotatable bonds is 5. The Hall–Kier alpha value is -2.73. The highest BCUT2D eigenvalue weighted by Crippen LogP contribution is 2.28. The lowest BCUT2D eigenvalue weighted by atomic mass is 10.1. The summed E-state index contributed by atoms with van der Waals surface area (Å²) in [5.41, 5.74) is 2.13. The van der Waals surface area contributed by atoms with Crippen LogP contribution in [0.3, 0.4) is 0 Å². The van der Waals surface area contributed by atoms with Crippen molar-refractivity contribution in [1.82, 2.24) is 4.98 Å². The van der Waals surface area contributed by atoms with E-state index in [0.717, 1.165) is 16.3 Å². The van der Waals surface area contributed by atoms with Crippen molar-refractivity contribution in [1.29, 1.82) is 0 Å². The lowest BCUT2D eigenvalue weighted by Gasteiger charge is -2.10. The van der Waals surface area contributed by atoms with E-state index in [4.69, 9.17) is 4.74 Å². The molecule has 0 aliphatic heterocycles. The summed E-state index contributed by atoms with van der Waals surface area (Å²) in [7, 11) is 0. The number of halogens is 1. The van der Waals surface area contributed by atoms with Crippen molar-refractivity contribution in [3.05, 3.63) is 69.8 Å². The number of nitrogens with zero attached hydrogens (tertiary/aromatic N) is 1. The second-order valence-electron chi connectivity index (χ2n) is 5.19. The van der Waals surface area contributed by atoms with E-state index in [1.807, 2.05) is 12.3 Å². The molecule has 1 heterocycles. The summed E-state index contributed by atoms with van der Waals surface area (Å²) in [6.07, 6.45) is 0. The highest BCUT2D eigenvalue weighted by Gasteiger charge is 2.14. The number of thiazole rings is 1. The van der Waals surface area contributed by atoms with Crippen LogP contribution in [0.4, 0.5) is 4.39 Å². The lowest BCUT2D eigenvalue weighted by Crippen LogP contribution is -2.04. The Bertz CT molecular complexity index is 891. The number of aromatic carboxylic acids is 1. The zero-order valence-corrected chi connectivity index (χ0v) is 13.6. The molecular formula is C18H14FNO3S. The predicted octanol–water partition coefficient (Wildman–Crippen LogP) is 4.53. The van der Waals surface area contributed by atoms with Crippen LogP contribution in [-0.2, 0) is 6.61 Å². The molecule has 6 heteroatoms. The summed E-state index contributed by atoms with van der Waals surface area (Å²) in [5, 5.41) is 12.2. The minimum Gasteiger partial charge on any atom is -0.488 e. The second-order valence-corrected chi connectivity index (χ2v) is 6.25. The molecule has 4 nitrogen and oxygen atoms in total. The van der Waals surface area contributed by atoms with E-state index < -0.39 is 5.97 Å². The fourth-order valence-electron chi connectivity index (χ4n) is 2.27. The molecule has 3 rings (SSSR count). The summed E-state index contributed by atoms with van der Waals surface area (Å²) < 4.78 is 18.8. The van der Waals surface area contributed by atoms with Crippen LogP contribution in [0.5, 0.6) is 5.75 Å². The third-order valence-electron chi connectivity index (χ3n) is 3.41. The maximum atomic E-state index is 13.2. The smallest absolute Gasteiger partial charge is 0.339 e. The van der Waals surface area contributed by atoms with Crippen LogP contribution in [0.15, 0.2) is 47.8 Å². The van der Waals surface area contributed by atoms with Crippen LogP contribution in [0.2, 0.25) is 0 Å². The van der Waals surface area contributed by atoms with E-state index in [0.29, 0.717) is 5.56 Å². The summed E-state index contributed by atoms with van der Waals surface area (Å²) in [5.74, 6) is -1.20. The molecule has 1 aromatic heterocycles. The molecule has 0 aliphatic rings. The molecule has 0 spiro atoms. The predicted molar refractivity (Wildman–Crippen MR) is 90.0 cm³/mol. The first-order chi connectivity index (χ1) is 11.5. The number of aromatic nitrogens is 1. The molecular weight excluding hydrogens is 329 g/mol. The Labute approximate surface area is 142 Å². The van der Waals surface area contributed by atoms with Gasteiger partial charge in [0.1, 0.15) is 23.7 Å². The minimum atomic E-state index is -1.09. The van der Waals surface area contributed by atoms with Crippen molar-refractivity contribution in [2.75, 3.05) is 0 Å². The van der Waals surface area contributed by atoms with E-state index in [-0.39, 0.29) is 23.7 Å². The van der Waals surface area contributed by atoms with Gasteiger partial charge in [-0.15, -0.1) is 11.3 Å².